The maximum atomic E-state index is 13.3. The summed E-state index contributed by atoms with van der Waals surface area (Å²) in [6.07, 6.45) is 0. The van der Waals surface area contributed by atoms with Gasteiger partial charge in [0.05, 0.1) is 23.7 Å². The molecule has 1 unspecified atom stereocenters. The van der Waals surface area contributed by atoms with Gasteiger partial charge >= 0.3 is 0 Å². The second kappa shape index (κ2) is 10.6. The molecule has 8 heteroatoms. The molecule has 1 aliphatic heterocycles. The molecule has 0 radical (unpaired) electrons. The van der Waals surface area contributed by atoms with Crippen molar-refractivity contribution in [2.75, 3.05) is 30.0 Å². The number of methoxy groups -OCH3 is 1. The minimum atomic E-state index is -0.849. The molecule has 1 atom stereocenters. The number of amides is 1. The second-order valence-corrected chi connectivity index (χ2v) is 9.10. The zero-order valence-corrected chi connectivity index (χ0v) is 21.7. The monoisotopic (exact) mass is 524 g/mol. The fourth-order valence-corrected chi connectivity index (χ4v) is 4.82. The zero-order valence-electron chi connectivity index (χ0n) is 20.2. The van der Waals surface area contributed by atoms with Crippen molar-refractivity contribution in [1.29, 1.82) is 0 Å². The fraction of sp³-hybridized carbons (Fsp3) is 0.214. The summed E-state index contributed by atoms with van der Waals surface area (Å²) in [7, 11) is 1.49. The summed E-state index contributed by atoms with van der Waals surface area (Å²) in [4.78, 5) is 30.2. The van der Waals surface area contributed by atoms with Crippen LogP contribution in [-0.2, 0) is 9.59 Å². The number of rotatable bonds is 7. The standard InChI is InChI=1S/C28H26Cl2N2O4/c1-4-31(5-2)20-11-6-17(7-12-20)25-24(26(33)18-8-15-23(36-3)22(30)16-18)27(34)28(35)32(25)21-13-9-19(29)10-14-21/h6-16,25,33H,4-5H2,1-3H3/b26-24-. The van der Waals surface area contributed by atoms with Gasteiger partial charge in [0.15, 0.2) is 0 Å². The van der Waals surface area contributed by atoms with E-state index in [1.54, 1.807) is 36.4 Å². The minimum absolute atomic E-state index is 0.0215. The number of aliphatic hydroxyl groups excluding tert-OH is 1. The number of Topliss-reactive ketones (excluding diaryl/α,β-unsaturated/α-hetero) is 1. The lowest BCUT2D eigenvalue weighted by molar-refractivity contribution is -0.132. The smallest absolute Gasteiger partial charge is 0.300 e. The highest BCUT2D eigenvalue weighted by Crippen LogP contribution is 2.43. The van der Waals surface area contributed by atoms with Gasteiger partial charge in [0.1, 0.15) is 11.5 Å². The molecule has 0 aromatic heterocycles. The summed E-state index contributed by atoms with van der Waals surface area (Å²) in [6, 6.07) is 18.2. The van der Waals surface area contributed by atoms with Crippen molar-refractivity contribution in [3.8, 4) is 5.75 Å². The normalized spacial score (nSPS) is 16.9. The largest absolute Gasteiger partial charge is 0.507 e. The quantitative estimate of drug-likeness (QED) is 0.217. The Hall–Kier alpha value is -3.48. The van der Waals surface area contributed by atoms with E-state index in [2.05, 4.69) is 18.7 Å². The maximum Gasteiger partial charge on any atom is 0.300 e. The molecule has 1 aliphatic rings. The van der Waals surface area contributed by atoms with Crippen LogP contribution in [0.25, 0.3) is 5.76 Å². The molecule has 1 amide bonds. The van der Waals surface area contributed by atoms with Gasteiger partial charge in [-0.1, -0.05) is 35.3 Å². The van der Waals surface area contributed by atoms with E-state index in [1.807, 2.05) is 24.3 Å². The lowest BCUT2D eigenvalue weighted by Crippen LogP contribution is -2.29. The van der Waals surface area contributed by atoms with Crippen molar-refractivity contribution in [3.05, 3.63) is 93.5 Å². The highest BCUT2D eigenvalue weighted by Gasteiger charge is 2.47. The van der Waals surface area contributed by atoms with Crippen molar-refractivity contribution in [2.24, 2.45) is 0 Å². The van der Waals surface area contributed by atoms with E-state index in [1.165, 1.54) is 18.1 Å². The molecule has 1 fully saturated rings. The number of anilines is 2. The third-order valence-electron chi connectivity index (χ3n) is 6.31. The summed E-state index contributed by atoms with van der Waals surface area (Å²) in [5.41, 5.74) is 2.48. The van der Waals surface area contributed by atoms with Gasteiger partial charge in [-0.05, 0) is 74.0 Å². The van der Waals surface area contributed by atoms with E-state index in [-0.39, 0.29) is 16.4 Å². The first-order chi connectivity index (χ1) is 17.3. The van der Waals surface area contributed by atoms with Crippen LogP contribution in [-0.4, -0.2) is 37.0 Å². The van der Waals surface area contributed by atoms with Crippen LogP contribution >= 0.6 is 23.2 Å². The zero-order chi connectivity index (χ0) is 26.0. The maximum absolute atomic E-state index is 13.3. The van der Waals surface area contributed by atoms with E-state index >= 15 is 0 Å². The first-order valence-electron chi connectivity index (χ1n) is 11.6. The second-order valence-electron chi connectivity index (χ2n) is 8.26. The number of nitrogens with zero attached hydrogens (tertiary/aromatic N) is 2. The van der Waals surface area contributed by atoms with E-state index < -0.39 is 17.7 Å². The van der Waals surface area contributed by atoms with Gasteiger partial charge in [-0.3, -0.25) is 14.5 Å². The Bertz CT molecular complexity index is 1320. The molecular weight excluding hydrogens is 499 g/mol. The predicted octanol–water partition coefficient (Wildman–Crippen LogP) is 6.47. The van der Waals surface area contributed by atoms with Gasteiger partial charge < -0.3 is 14.7 Å². The van der Waals surface area contributed by atoms with Crippen molar-refractivity contribution < 1.29 is 19.4 Å². The molecule has 3 aromatic carbocycles. The Balaban J connectivity index is 1.89. The molecule has 6 nitrogen and oxygen atoms in total. The summed E-state index contributed by atoms with van der Waals surface area (Å²) < 4.78 is 5.19. The number of hydrogen-bond donors (Lipinski definition) is 1. The molecule has 1 saturated heterocycles. The van der Waals surface area contributed by atoms with E-state index in [4.69, 9.17) is 27.9 Å². The van der Waals surface area contributed by atoms with Crippen LogP contribution in [0.3, 0.4) is 0 Å². The first kappa shape index (κ1) is 25.6. The lowest BCUT2D eigenvalue weighted by Gasteiger charge is -2.27. The van der Waals surface area contributed by atoms with E-state index in [0.29, 0.717) is 27.6 Å². The number of aliphatic hydroxyl groups is 1. The van der Waals surface area contributed by atoms with Crippen molar-refractivity contribution in [2.45, 2.75) is 19.9 Å². The van der Waals surface area contributed by atoms with Crippen LogP contribution in [0.5, 0.6) is 5.75 Å². The first-order valence-corrected chi connectivity index (χ1v) is 12.3. The van der Waals surface area contributed by atoms with Crippen LogP contribution in [0.2, 0.25) is 10.0 Å². The van der Waals surface area contributed by atoms with Crippen molar-refractivity contribution in [3.63, 3.8) is 0 Å². The summed E-state index contributed by atoms with van der Waals surface area (Å²) in [5, 5.41) is 12.1. The van der Waals surface area contributed by atoms with Crippen LogP contribution in [0, 0.1) is 0 Å². The molecule has 0 aliphatic carbocycles. The number of benzene rings is 3. The van der Waals surface area contributed by atoms with Crippen LogP contribution in [0.15, 0.2) is 72.3 Å². The fourth-order valence-electron chi connectivity index (χ4n) is 4.44. The lowest BCUT2D eigenvalue weighted by atomic mass is 9.94. The summed E-state index contributed by atoms with van der Waals surface area (Å²) in [6.45, 7) is 5.84. The highest BCUT2D eigenvalue weighted by atomic mass is 35.5. The van der Waals surface area contributed by atoms with E-state index in [0.717, 1.165) is 18.8 Å². The Morgan fingerprint density at radius 2 is 1.61 bits per heavy atom. The summed E-state index contributed by atoms with van der Waals surface area (Å²) in [5.74, 6) is -1.41. The van der Waals surface area contributed by atoms with Crippen LogP contribution in [0.4, 0.5) is 11.4 Å². The molecular formula is C28H26Cl2N2O4. The van der Waals surface area contributed by atoms with Crippen molar-refractivity contribution >= 4 is 52.0 Å². The van der Waals surface area contributed by atoms with Gasteiger partial charge in [-0.25, -0.2) is 0 Å². The average Bonchev–Trinajstić information content (AvgIpc) is 3.15. The molecule has 0 bridgehead atoms. The highest BCUT2D eigenvalue weighted by molar-refractivity contribution is 6.51. The number of ketones is 1. The number of carbonyl (C=O) groups is 2. The van der Waals surface area contributed by atoms with Crippen LogP contribution in [0.1, 0.15) is 31.0 Å². The molecule has 36 heavy (non-hydrogen) atoms. The van der Waals surface area contributed by atoms with Gasteiger partial charge in [-0.15, -0.1) is 0 Å². The predicted molar refractivity (Wildman–Crippen MR) is 144 cm³/mol. The third kappa shape index (κ3) is 4.66. The molecule has 1 N–H and O–H groups in total. The number of halogens is 2. The molecule has 0 spiro atoms. The number of ether oxygens (including phenoxy) is 1. The number of carbonyl (C=O) groups excluding carboxylic acids is 2. The molecule has 4 rings (SSSR count). The third-order valence-corrected chi connectivity index (χ3v) is 6.86. The Kier molecular flexibility index (Phi) is 7.57. The number of hydrogen-bond acceptors (Lipinski definition) is 5. The van der Waals surface area contributed by atoms with Gasteiger partial charge in [-0.2, -0.15) is 0 Å². The van der Waals surface area contributed by atoms with Gasteiger partial charge in [0.25, 0.3) is 11.7 Å². The summed E-state index contributed by atoms with van der Waals surface area (Å²) >= 11 is 12.3. The van der Waals surface area contributed by atoms with Gasteiger partial charge in [0.2, 0.25) is 0 Å². The minimum Gasteiger partial charge on any atom is -0.507 e. The Labute approximate surface area is 220 Å². The Morgan fingerprint density at radius 3 is 2.17 bits per heavy atom. The topological polar surface area (TPSA) is 70.1 Å². The van der Waals surface area contributed by atoms with Crippen LogP contribution < -0.4 is 14.5 Å². The molecule has 186 valence electrons. The SMILES string of the molecule is CCN(CC)c1ccc(C2/C(=C(/O)c3ccc(OC)c(Cl)c3)C(=O)C(=O)N2c2ccc(Cl)cc2)cc1. The average molecular weight is 525 g/mol. The molecule has 3 aromatic rings. The van der Waals surface area contributed by atoms with Crippen molar-refractivity contribution in [1.82, 2.24) is 0 Å². The molecule has 0 saturated carbocycles. The Morgan fingerprint density at radius 1 is 0.972 bits per heavy atom. The van der Waals surface area contributed by atoms with E-state index in [9.17, 15) is 14.7 Å². The molecule has 1 heterocycles. The van der Waals surface area contributed by atoms with Gasteiger partial charge in [0, 0.05) is 35.1 Å².